The predicted octanol–water partition coefficient (Wildman–Crippen LogP) is 3.67. The van der Waals surface area contributed by atoms with Gasteiger partial charge in [0.15, 0.2) is 15.0 Å². The minimum absolute atomic E-state index is 0.115. The largest absolute Gasteiger partial charge is 0.298 e. The van der Waals surface area contributed by atoms with Crippen molar-refractivity contribution in [2.45, 2.75) is 9.79 Å². The molecule has 0 radical (unpaired) electrons. The molecule has 1 N–H and O–H groups in total. The molecule has 0 aliphatic rings. The summed E-state index contributed by atoms with van der Waals surface area (Å²) in [6.07, 6.45) is 3.11. The molecule has 24 heavy (non-hydrogen) atoms. The Morgan fingerprint density at radius 1 is 1.21 bits per heavy atom. The van der Waals surface area contributed by atoms with Gasteiger partial charge < -0.3 is 0 Å². The Balaban J connectivity index is 1.87. The van der Waals surface area contributed by atoms with Crippen LogP contribution in [0.25, 0.3) is 10.2 Å². The molecule has 0 unspecified atom stereocenters. The van der Waals surface area contributed by atoms with Gasteiger partial charge in [-0.1, -0.05) is 17.4 Å². The first kappa shape index (κ1) is 16.9. The smallest absolute Gasteiger partial charge is 0.257 e. The number of rotatable bonds is 4. The van der Waals surface area contributed by atoms with Crippen molar-refractivity contribution in [3.63, 3.8) is 0 Å². The fourth-order valence-electron chi connectivity index (χ4n) is 2.12. The number of anilines is 1. The molecule has 0 bridgehead atoms. The predicted molar refractivity (Wildman–Crippen MR) is 98.9 cm³/mol. The van der Waals surface area contributed by atoms with Crippen molar-refractivity contribution in [1.29, 1.82) is 0 Å². The summed E-state index contributed by atoms with van der Waals surface area (Å²) in [6.45, 7) is 0. The molecule has 5 nitrogen and oxygen atoms in total. The van der Waals surface area contributed by atoms with Gasteiger partial charge in [0.1, 0.15) is 0 Å². The summed E-state index contributed by atoms with van der Waals surface area (Å²) in [5.74, 6) is -0.385. The number of nitrogens with one attached hydrogen (secondary N) is 1. The summed E-state index contributed by atoms with van der Waals surface area (Å²) < 4.78 is 24.2. The van der Waals surface area contributed by atoms with Crippen LogP contribution in [0.3, 0.4) is 0 Å². The molecule has 1 amide bonds. The van der Waals surface area contributed by atoms with E-state index in [9.17, 15) is 13.2 Å². The highest BCUT2D eigenvalue weighted by molar-refractivity contribution is 7.98. The second kappa shape index (κ2) is 6.54. The number of aromatic nitrogens is 1. The fourth-order valence-corrected chi connectivity index (χ4v) is 4.20. The van der Waals surface area contributed by atoms with Gasteiger partial charge in [0.2, 0.25) is 0 Å². The molecule has 3 aromatic rings. The van der Waals surface area contributed by atoms with Crippen molar-refractivity contribution < 1.29 is 13.2 Å². The quantitative estimate of drug-likeness (QED) is 0.701. The first-order valence-electron chi connectivity index (χ1n) is 6.93. The summed E-state index contributed by atoms with van der Waals surface area (Å²) in [4.78, 5) is 18.0. The number of carbonyl (C=O) groups excluding carboxylic acids is 1. The van der Waals surface area contributed by atoms with E-state index in [1.165, 1.54) is 23.5 Å². The molecule has 124 valence electrons. The van der Waals surface area contributed by atoms with E-state index in [1.54, 1.807) is 23.9 Å². The van der Waals surface area contributed by atoms with E-state index in [4.69, 9.17) is 0 Å². The van der Waals surface area contributed by atoms with E-state index in [2.05, 4.69) is 10.3 Å². The van der Waals surface area contributed by atoms with Gasteiger partial charge in [0.05, 0.1) is 15.1 Å². The summed E-state index contributed by atoms with van der Waals surface area (Å²) in [5, 5.41) is 3.21. The van der Waals surface area contributed by atoms with Gasteiger partial charge in [0.25, 0.3) is 5.91 Å². The van der Waals surface area contributed by atoms with Gasteiger partial charge >= 0.3 is 0 Å². The third-order valence-electron chi connectivity index (χ3n) is 3.34. The van der Waals surface area contributed by atoms with Gasteiger partial charge in [-0.05, 0) is 42.7 Å². The van der Waals surface area contributed by atoms with Crippen LogP contribution in [0, 0.1) is 0 Å². The number of amides is 1. The van der Waals surface area contributed by atoms with E-state index in [0.717, 1.165) is 21.4 Å². The van der Waals surface area contributed by atoms with Crippen LogP contribution >= 0.6 is 23.1 Å². The van der Waals surface area contributed by atoms with E-state index < -0.39 is 9.84 Å². The topological polar surface area (TPSA) is 76.1 Å². The van der Waals surface area contributed by atoms with Crippen molar-refractivity contribution in [2.24, 2.45) is 0 Å². The van der Waals surface area contributed by atoms with E-state index in [-0.39, 0.29) is 16.4 Å². The third-order valence-corrected chi connectivity index (χ3v) is 6.11. The Labute approximate surface area is 148 Å². The van der Waals surface area contributed by atoms with Crippen LogP contribution in [0.15, 0.2) is 52.3 Å². The van der Waals surface area contributed by atoms with Crippen LogP contribution in [0.2, 0.25) is 0 Å². The zero-order valence-corrected chi connectivity index (χ0v) is 15.4. The number of hydrogen-bond acceptors (Lipinski definition) is 6. The van der Waals surface area contributed by atoms with Crippen molar-refractivity contribution in [1.82, 2.24) is 4.98 Å². The van der Waals surface area contributed by atoms with Crippen LogP contribution in [-0.2, 0) is 9.84 Å². The molecular formula is C16H14N2O3S3. The first-order valence-corrected chi connectivity index (χ1v) is 10.9. The van der Waals surface area contributed by atoms with E-state index in [0.29, 0.717) is 5.13 Å². The maximum atomic E-state index is 12.3. The molecule has 0 atom stereocenters. The van der Waals surface area contributed by atoms with Crippen molar-refractivity contribution >= 4 is 54.2 Å². The number of thioether (sulfide) groups is 1. The molecular weight excluding hydrogens is 364 g/mol. The number of nitrogens with zero attached hydrogens (tertiary/aromatic N) is 1. The lowest BCUT2D eigenvalue weighted by Gasteiger charge is -2.03. The second-order valence-electron chi connectivity index (χ2n) is 5.11. The van der Waals surface area contributed by atoms with Gasteiger partial charge in [-0.2, -0.15) is 0 Å². The van der Waals surface area contributed by atoms with Gasteiger partial charge in [-0.25, -0.2) is 13.4 Å². The molecule has 0 saturated heterocycles. The van der Waals surface area contributed by atoms with Crippen LogP contribution < -0.4 is 5.32 Å². The standard InChI is InChI=1S/C16H14N2O3S3/c1-22-11-6-7-13-14(9-11)23-16(17-13)18-15(19)10-4-3-5-12(8-10)24(2,20)21/h3-9H,1-2H3,(H,17,18,19). The molecule has 0 fully saturated rings. The molecule has 0 saturated carbocycles. The highest BCUT2D eigenvalue weighted by Gasteiger charge is 2.13. The van der Waals surface area contributed by atoms with Gasteiger partial charge in [-0.15, -0.1) is 11.8 Å². The molecule has 2 aromatic carbocycles. The van der Waals surface area contributed by atoms with Gasteiger partial charge in [-0.3, -0.25) is 10.1 Å². The molecule has 1 aromatic heterocycles. The lowest BCUT2D eigenvalue weighted by Crippen LogP contribution is -2.12. The number of benzene rings is 2. The lowest BCUT2D eigenvalue weighted by molar-refractivity contribution is 0.102. The van der Waals surface area contributed by atoms with E-state index in [1.807, 2.05) is 24.5 Å². The number of carbonyl (C=O) groups is 1. The fraction of sp³-hybridized carbons (Fsp3) is 0.125. The van der Waals surface area contributed by atoms with Crippen LogP contribution in [0.1, 0.15) is 10.4 Å². The summed E-state index contributed by atoms with van der Waals surface area (Å²) in [6, 6.07) is 11.9. The Hall–Kier alpha value is -1.90. The molecule has 8 heteroatoms. The Bertz CT molecular complexity index is 1030. The summed E-state index contributed by atoms with van der Waals surface area (Å²) in [5.41, 5.74) is 1.10. The van der Waals surface area contributed by atoms with Crippen molar-refractivity contribution in [3.8, 4) is 0 Å². The average Bonchev–Trinajstić information content (AvgIpc) is 2.95. The van der Waals surface area contributed by atoms with E-state index >= 15 is 0 Å². The molecule has 0 aliphatic heterocycles. The Morgan fingerprint density at radius 2 is 2.00 bits per heavy atom. The zero-order valence-electron chi connectivity index (χ0n) is 12.9. The van der Waals surface area contributed by atoms with Crippen LogP contribution in [0.5, 0.6) is 0 Å². The molecule has 3 rings (SSSR count). The average molecular weight is 379 g/mol. The monoisotopic (exact) mass is 378 g/mol. The third kappa shape index (κ3) is 3.61. The zero-order chi connectivity index (χ0) is 17.3. The normalized spacial score (nSPS) is 11.6. The summed E-state index contributed by atoms with van der Waals surface area (Å²) >= 11 is 3.03. The highest BCUT2D eigenvalue weighted by atomic mass is 32.2. The Morgan fingerprint density at radius 3 is 2.71 bits per heavy atom. The summed E-state index contributed by atoms with van der Waals surface area (Å²) in [7, 11) is -3.36. The van der Waals surface area contributed by atoms with Crippen molar-refractivity contribution in [2.75, 3.05) is 17.8 Å². The Kier molecular flexibility index (Phi) is 4.62. The maximum absolute atomic E-state index is 12.3. The van der Waals surface area contributed by atoms with Crippen LogP contribution in [-0.4, -0.2) is 31.8 Å². The van der Waals surface area contributed by atoms with Gasteiger partial charge in [0, 0.05) is 16.7 Å². The maximum Gasteiger partial charge on any atom is 0.257 e. The first-order chi connectivity index (χ1) is 11.4. The minimum atomic E-state index is -3.36. The minimum Gasteiger partial charge on any atom is -0.298 e. The number of hydrogen-bond donors (Lipinski definition) is 1. The van der Waals surface area contributed by atoms with Crippen molar-refractivity contribution in [3.05, 3.63) is 48.0 Å². The number of thiazole rings is 1. The molecule has 0 aliphatic carbocycles. The SMILES string of the molecule is CSc1ccc2nc(NC(=O)c3cccc(S(C)(=O)=O)c3)sc2c1. The second-order valence-corrected chi connectivity index (χ2v) is 9.03. The molecule has 1 heterocycles. The lowest BCUT2D eigenvalue weighted by atomic mass is 10.2. The molecule has 0 spiro atoms. The number of fused-ring (bicyclic) bond motifs is 1. The highest BCUT2D eigenvalue weighted by Crippen LogP contribution is 2.29. The van der Waals surface area contributed by atoms with Crippen LogP contribution in [0.4, 0.5) is 5.13 Å². The number of sulfone groups is 1.